The van der Waals surface area contributed by atoms with E-state index in [4.69, 9.17) is 5.10 Å². The van der Waals surface area contributed by atoms with Crippen LogP contribution in [0.1, 0.15) is 50.8 Å². The minimum atomic E-state index is 0.531. The number of rotatable bonds is 2. The highest BCUT2D eigenvalue weighted by Crippen LogP contribution is 2.40. The zero-order valence-electron chi connectivity index (χ0n) is 11.7. The molecule has 1 saturated heterocycles. The van der Waals surface area contributed by atoms with Crippen LogP contribution in [0, 0.1) is 5.92 Å². The SMILES string of the molecule is CC(C)C1CCNc2c(Br)c(C3CCNCC3)nn21. The molecule has 5 heteroatoms. The molecule has 19 heavy (non-hydrogen) atoms. The third-order valence-corrected chi connectivity index (χ3v) is 5.20. The number of nitrogens with one attached hydrogen (secondary N) is 2. The second kappa shape index (κ2) is 5.44. The Morgan fingerprint density at radius 3 is 2.63 bits per heavy atom. The van der Waals surface area contributed by atoms with Crippen molar-refractivity contribution in [2.75, 3.05) is 25.0 Å². The topological polar surface area (TPSA) is 41.9 Å². The fourth-order valence-electron chi connectivity index (χ4n) is 3.26. The predicted octanol–water partition coefficient (Wildman–Crippen LogP) is 3.13. The summed E-state index contributed by atoms with van der Waals surface area (Å²) in [7, 11) is 0. The molecule has 2 N–H and O–H groups in total. The van der Waals surface area contributed by atoms with Gasteiger partial charge in [0.2, 0.25) is 0 Å². The summed E-state index contributed by atoms with van der Waals surface area (Å²) in [5.74, 6) is 2.43. The van der Waals surface area contributed by atoms with E-state index in [9.17, 15) is 0 Å². The Labute approximate surface area is 123 Å². The van der Waals surface area contributed by atoms with E-state index >= 15 is 0 Å². The number of fused-ring (bicyclic) bond motifs is 1. The Bertz CT molecular complexity index is 449. The van der Waals surface area contributed by atoms with Crippen molar-refractivity contribution in [2.24, 2.45) is 5.92 Å². The molecule has 0 aromatic carbocycles. The Morgan fingerprint density at radius 2 is 1.95 bits per heavy atom. The molecule has 0 amide bonds. The van der Waals surface area contributed by atoms with Crippen molar-refractivity contribution in [1.82, 2.24) is 15.1 Å². The molecule has 0 spiro atoms. The molecule has 0 aliphatic carbocycles. The first-order valence-electron chi connectivity index (χ1n) is 7.41. The summed E-state index contributed by atoms with van der Waals surface area (Å²) in [5.41, 5.74) is 1.26. The molecule has 1 unspecified atom stereocenters. The van der Waals surface area contributed by atoms with Gasteiger partial charge < -0.3 is 10.6 Å². The molecule has 3 rings (SSSR count). The van der Waals surface area contributed by atoms with E-state index in [0.29, 0.717) is 17.9 Å². The fraction of sp³-hybridized carbons (Fsp3) is 0.786. The average Bonchev–Trinajstić information content (AvgIpc) is 2.77. The molecule has 1 atom stereocenters. The standard InChI is InChI=1S/C14H23BrN4/c1-9(2)11-5-8-17-14-12(15)13(18-19(11)14)10-3-6-16-7-4-10/h9-11,16-17H,3-8H2,1-2H3. The second-order valence-corrected chi connectivity index (χ2v) is 6.84. The normalized spacial score (nSPS) is 24.3. The minimum Gasteiger partial charge on any atom is -0.369 e. The number of halogens is 1. The van der Waals surface area contributed by atoms with Gasteiger partial charge in [0.15, 0.2) is 0 Å². The van der Waals surface area contributed by atoms with Gasteiger partial charge in [-0.2, -0.15) is 5.10 Å². The van der Waals surface area contributed by atoms with Gasteiger partial charge in [0, 0.05) is 12.5 Å². The molecule has 4 nitrogen and oxygen atoms in total. The van der Waals surface area contributed by atoms with Crippen molar-refractivity contribution in [1.29, 1.82) is 0 Å². The molecule has 1 aromatic rings. The minimum absolute atomic E-state index is 0.531. The lowest BCUT2D eigenvalue weighted by Gasteiger charge is -2.28. The van der Waals surface area contributed by atoms with E-state index in [2.05, 4.69) is 45.1 Å². The van der Waals surface area contributed by atoms with Crippen LogP contribution in [-0.2, 0) is 0 Å². The molecule has 0 bridgehead atoms. The third-order valence-electron chi connectivity index (χ3n) is 4.42. The molecule has 2 aliphatic heterocycles. The molecule has 0 radical (unpaired) electrons. The summed E-state index contributed by atoms with van der Waals surface area (Å²) in [4.78, 5) is 0. The lowest BCUT2D eigenvalue weighted by Crippen LogP contribution is -2.28. The third kappa shape index (κ3) is 2.42. The first-order chi connectivity index (χ1) is 9.18. The van der Waals surface area contributed by atoms with Crippen molar-refractivity contribution in [3.63, 3.8) is 0 Å². The van der Waals surface area contributed by atoms with Crippen molar-refractivity contribution >= 4 is 21.7 Å². The van der Waals surface area contributed by atoms with Crippen molar-refractivity contribution in [2.45, 2.75) is 45.1 Å². The molecule has 3 heterocycles. The van der Waals surface area contributed by atoms with Crippen LogP contribution in [0.3, 0.4) is 0 Å². The van der Waals surface area contributed by atoms with Gasteiger partial charge in [0.05, 0.1) is 16.2 Å². The van der Waals surface area contributed by atoms with E-state index in [1.165, 1.54) is 35.2 Å². The number of aromatic nitrogens is 2. The van der Waals surface area contributed by atoms with Crippen molar-refractivity contribution in [3.8, 4) is 0 Å². The van der Waals surface area contributed by atoms with Crippen molar-refractivity contribution in [3.05, 3.63) is 10.2 Å². The lowest BCUT2D eigenvalue weighted by atomic mass is 9.95. The number of hydrogen-bond acceptors (Lipinski definition) is 3. The maximum absolute atomic E-state index is 4.96. The maximum Gasteiger partial charge on any atom is 0.139 e. The number of piperidine rings is 1. The Kier molecular flexibility index (Phi) is 3.85. The van der Waals surface area contributed by atoms with Crippen LogP contribution in [0.5, 0.6) is 0 Å². The summed E-state index contributed by atoms with van der Waals surface area (Å²) in [6.45, 7) is 7.86. The number of hydrogen-bond donors (Lipinski definition) is 2. The van der Waals surface area contributed by atoms with Gasteiger partial charge in [-0.25, -0.2) is 4.68 Å². The zero-order chi connectivity index (χ0) is 13.4. The monoisotopic (exact) mass is 326 g/mol. The van der Waals surface area contributed by atoms with E-state index in [-0.39, 0.29) is 0 Å². The van der Waals surface area contributed by atoms with Crippen LogP contribution in [0.15, 0.2) is 4.47 Å². The first-order valence-corrected chi connectivity index (χ1v) is 8.20. The van der Waals surface area contributed by atoms with Gasteiger partial charge in [-0.3, -0.25) is 0 Å². The van der Waals surface area contributed by atoms with E-state index in [1.54, 1.807) is 0 Å². The van der Waals surface area contributed by atoms with Crippen LogP contribution < -0.4 is 10.6 Å². The van der Waals surface area contributed by atoms with Gasteiger partial charge >= 0.3 is 0 Å². The Hall–Kier alpha value is -0.550. The molecule has 0 saturated carbocycles. The fourth-order valence-corrected chi connectivity index (χ4v) is 3.99. The van der Waals surface area contributed by atoms with Gasteiger partial charge in [-0.05, 0) is 54.2 Å². The van der Waals surface area contributed by atoms with Crippen LogP contribution in [0.2, 0.25) is 0 Å². The van der Waals surface area contributed by atoms with E-state index in [1.807, 2.05) is 0 Å². The Morgan fingerprint density at radius 1 is 1.21 bits per heavy atom. The molecular weight excluding hydrogens is 304 g/mol. The highest BCUT2D eigenvalue weighted by Gasteiger charge is 2.30. The predicted molar refractivity (Wildman–Crippen MR) is 81.8 cm³/mol. The average molecular weight is 327 g/mol. The quantitative estimate of drug-likeness (QED) is 0.877. The van der Waals surface area contributed by atoms with Crippen LogP contribution >= 0.6 is 15.9 Å². The van der Waals surface area contributed by atoms with Gasteiger partial charge in [0.25, 0.3) is 0 Å². The molecule has 106 valence electrons. The Balaban J connectivity index is 1.94. The van der Waals surface area contributed by atoms with E-state index in [0.717, 1.165) is 19.6 Å². The largest absolute Gasteiger partial charge is 0.369 e. The lowest BCUT2D eigenvalue weighted by molar-refractivity contribution is 0.318. The van der Waals surface area contributed by atoms with Gasteiger partial charge in [-0.15, -0.1) is 0 Å². The highest BCUT2D eigenvalue weighted by atomic mass is 79.9. The van der Waals surface area contributed by atoms with Gasteiger partial charge in [-0.1, -0.05) is 13.8 Å². The highest BCUT2D eigenvalue weighted by molar-refractivity contribution is 9.10. The van der Waals surface area contributed by atoms with Crippen LogP contribution in [-0.4, -0.2) is 29.4 Å². The molecular formula is C14H23BrN4. The zero-order valence-corrected chi connectivity index (χ0v) is 13.3. The van der Waals surface area contributed by atoms with Gasteiger partial charge in [0.1, 0.15) is 5.82 Å². The smallest absolute Gasteiger partial charge is 0.139 e. The summed E-state index contributed by atoms with van der Waals surface area (Å²) < 4.78 is 3.43. The summed E-state index contributed by atoms with van der Waals surface area (Å²) in [6, 6.07) is 0.531. The molecule has 2 aliphatic rings. The molecule has 1 fully saturated rings. The number of anilines is 1. The molecule has 1 aromatic heterocycles. The number of nitrogens with zero attached hydrogens (tertiary/aromatic N) is 2. The van der Waals surface area contributed by atoms with E-state index < -0.39 is 0 Å². The first kappa shape index (κ1) is 13.4. The van der Waals surface area contributed by atoms with Crippen LogP contribution in [0.4, 0.5) is 5.82 Å². The summed E-state index contributed by atoms with van der Waals surface area (Å²) in [6.07, 6.45) is 3.56. The van der Waals surface area contributed by atoms with Crippen LogP contribution in [0.25, 0.3) is 0 Å². The summed E-state index contributed by atoms with van der Waals surface area (Å²) >= 11 is 3.78. The second-order valence-electron chi connectivity index (χ2n) is 6.04. The van der Waals surface area contributed by atoms with Crippen molar-refractivity contribution < 1.29 is 0 Å². The maximum atomic E-state index is 4.96. The summed E-state index contributed by atoms with van der Waals surface area (Å²) in [5, 5.41) is 11.9.